The maximum Gasteiger partial charge on any atom is 0.240 e. The average molecular weight is 241 g/mol. The van der Waals surface area contributed by atoms with Crippen LogP contribution in [0.15, 0.2) is 0 Å². The molecule has 1 aliphatic rings. The Morgan fingerprint density at radius 2 is 2.00 bits per heavy atom. The van der Waals surface area contributed by atoms with Crippen molar-refractivity contribution in [2.75, 3.05) is 26.7 Å². The fourth-order valence-corrected chi connectivity index (χ4v) is 2.15. The van der Waals surface area contributed by atoms with Gasteiger partial charge >= 0.3 is 0 Å². The number of carbonyl (C=O) groups is 1. The summed E-state index contributed by atoms with van der Waals surface area (Å²) in [5.41, 5.74) is 5.88. The zero-order valence-corrected chi connectivity index (χ0v) is 11.9. The van der Waals surface area contributed by atoms with E-state index in [9.17, 15) is 4.79 Å². The van der Waals surface area contributed by atoms with Crippen LogP contribution in [0.5, 0.6) is 0 Å². The molecule has 1 amide bonds. The second kappa shape index (κ2) is 5.36. The number of hydrogen-bond acceptors (Lipinski definition) is 3. The topological polar surface area (TPSA) is 49.6 Å². The molecule has 2 N–H and O–H groups in total. The van der Waals surface area contributed by atoms with Crippen molar-refractivity contribution in [1.29, 1.82) is 0 Å². The van der Waals surface area contributed by atoms with Crippen molar-refractivity contribution < 1.29 is 4.79 Å². The number of hydrogen-bond donors (Lipinski definition) is 1. The quantitative estimate of drug-likeness (QED) is 0.782. The summed E-state index contributed by atoms with van der Waals surface area (Å²) in [6.07, 6.45) is 1.07. The minimum Gasteiger partial charge on any atom is -0.338 e. The van der Waals surface area contributed by atoms with Gasteiger partial charge in [-0.05, 0) is 18.9 Å². The molecule has 0 radical (unpaired) electrons. The van der Waals surface area contributed by atoms with Crippen LogP contribution in [-0.2, 0) is 4.79 Å². The third-order valence-electron chi connectivity index (χ3n) is 3.76. The van der Waals surface area contributed by atoms with Gasteiger partial charge in [-0.1, -0.05) is 27.7 Å². The van der Waals surface area contributed by atoms with Crippen molar-refractivity contribution >= 4 is 5.91 Å². The van der Waals surface area contributed by atoms with Crippen molar-refractivity contribution in [1.82, 2.24) is 9.80 Å². The van der Waals surface area contributed by atoms with Gasteiger partial charge in [0.15, 0.2) is 0 Å². The van der Waals surface area contributed by atoms with E-state index >= 15 is 0 Å². The Morgan fingerprint density at radius 1 is 1.41 bits per heavy atom. The molecule has 0 aromatic heterocycles. The van der Waals surface area contributed by atoms with Gasteiger partial charge in [0.05, 0.1) is 6.04 Å². The molecule has 1 fully saturated rings. The molecular formula is C13H27N3O. The van der Waals surface area contributed by atoms with Gasteiger partial charge in [-0.2, -0.15) is 0 Å². The molecule has 0 saturated carbocycles. The molecule has 1 saturated heterocycles. The number of carbonyl (C=O) groups excluding carboxylic acids is 1. The van der Waals surface area contributed by atoms with Crippen LogP contribution in [-0.4, -0.2) is 54.5 Å². The SMILES string of the molecule is CCC1CN(C(=O)[C@@H](N)C(C)(C)C)CCN1C. The summed E-state index contributed by atoms with van der Waals surface area (Å²) in [5, 5.41) is 0. The lowest BCUT2D eigenvalue weighted by Crippen LogP contribution is -2.58. The fourth-order valence-electron chi connectivity index (χ4n) is 2.15. The first-order valence-electron chi connectivity index (χ1n) is 6.52. The van der Waals surface area contributed by atoms with Crippen LogP contribution in [0.1, 0.15) is 34.1 Å². The fraction of sp³-hybridized carbons (Fsp3) is 0.923. The van der Waals surface area contributed by atoms with Crippen LogP contribution in [0.25, 0.3) is 0 Å². The Balaban J connectivity index is 2.65. The molecule has 1 rings (SSSR count). The molecule has 0 spiro atoms. The van der Waals surface area contributed by atoms with Gasteiger partial charge < -0.3 is 10.6 Å². The van der Waals surface area contributed by atoms with Crippen molar-refractivity contribution in [3.05, 3.63) is 0 Å². The molecule has 0 aromatic rings. The summed E-state index contributed by atoms with van der Waals surface area (Å²) >= 11 is 0. The number of amides is 1. The normalized spacial score (nSPS) is 24.8. The highest BCUT2D eigenvalue weighted by Crippen LogP contribution is 2.20. The molecule has 1 heterocycles. The number of piperazine rings is 1. The maximum absolute atomic E-state index is 12.3. The Bertz CT molecular complexity index is 272. The molecular weight excluding hydrogens is 214 g/mol. The summed E-state index contributed by atoms with van der Waals surface area (Å²) in [7, 11) is 2.12. The number of nitrogens with two attached hydrogens (primary N) is 1. The zero-order chi connectivity index (χ0) is 13.2. The third-order valence-corrected chi connectivity index (χ3v) is 3.76. The molecule has 4 heteroatoms. The lowest BCUT2D eigenvalue weighted by atomic mass is 9.86. The molecule has 0 aromatic carbocycles. The minimum absolute atomic E-state index is 0.101. The van der Waals surface area contributed by atoms with Crippen molar-refractivity contribution in [2.24, 2.45) is 11.1 Å². The van der Waals surface area contributed by atoms with Gasteiger partial charge in [-0.25, -0.2) is 0 Å². The predicted molar refractivity (Wildman–Crippen MR) is 70.7 cm³/mol. The van der Waals surface area contributed by atoms with Gasteiger partial charge in [0.2, 0.25) is 5.91 Å². The number of nitrogens with zero attached hydrogens (tertiary/aromatic N) is 2. The molecule has 17 heavy (non-hydrogen) atoms. The summed E-state index contributed by atoms with van der Waals surface area (Å²) in [6.45, 7) is 10.8. The summed E-state index contributed by atoms with van der Waals surface area (Å²) < 4.78 is 0. The Morgan fingerprint density at radius 3 is 2.47 bits per heavy atom. The van der Waals surface area contributed by atoms with Gasteiger partial charge in [0, 0.05) is 25.7 Å². The molecule has 1 unspecified atom stereocenters. The predicted octanol–water partition coefficient (Wildman–Crippen LogP) is 0.912. The maximum atomic E-state index is 12.3. The van der Waals surface area contributed by atoms with Crippen LogP contribution >= 0.6 is 0 Å². The highest BCUT2D eigenvalue weighted by Gasteiger charge is 2.34. The largest absolute Gasteiger partial charge is 0.338 e. The second-order valence-electron chi connectivity index (χ2n) is 6.17. The smallest absolute Gasteiger partial charge is 0.240 e. The minimum atomic E-state index is -0.400. The van der Waals surface area contributed by atoms with Crippen molar-refractivity contribution in [3.8, 4) is 0 Å². The first-order chi connectivity index (χ1) is 7.77. The second-order valence-corrected chi connectivity index (χ2v) is 6.17. The first kappa shape index (κ1) is 14.5. The van der Waals surface area contributed by atoms with Gasteiger partial charge in [-0.3, -0.25) is 9.69 Å². The van der Waals surface area contributed by atoms with E-state index in [0.29, 0.717) is 6.04 Å². The summed E-state index contributed by atoms with van der Waals surface area (Å²) in [5.74, 6) is 0.101. The molecule has 2 atom stereocenters. The molecule has 0 bridgehead atoms. The number of likely N-dealkylation sites (N-methyl/N-ethyl adjacent to an activating group) is 1. The monoisotopic (exact) mass is 241 g/mol. The highest BCUT2D eigenvalue weighted by atomic mass is 16.2. The lowest BCUT2D eigenvalue weighted by Gasteiger charge is -2.41. The van der Waals surface area contributed by atoms with Crippen LogP contribution in [0.2, 0.25) is 0 Å². The third kappa shape index (κ3) is 3.42. The molecule has 100 valence electrons. The van der Waals surface area contributed by atoms with Gasteiger partial charge in [0.25, 0.3) is 0 Å². The molecule has 4 nitrogen and oxygen atoms in total. The molecule has 0 aliphatic carbocycles. The van der Waals surface area contributed by atoms with Crippen LogP contribution in [0.3, 0.4) is 0 Å². The van der Waals surface area contributed by atoms with Crippen LogP contribution in [0, 0.1) is 5.41 Å². The molecule has 1 aliphatic heterocycles. The number of rotatable bonds is 2. The van der Waals surface area contributed by atoms with E-state index in [0.717, 1.165) is 26.1 Å². The summed E-state index contributed by atoms with van der Waals surface area (Å²) in [6, 6.07) is 0.0725. The van der Waals surface area contributed by atoms with E-state index in [1.165, 1.54) is 0 Å². The average Bonchev–Trinajstić information content (AvgIpc) is 2.26. The lowest BCUT2D eigenvalue weighted by molar-refractivity contribution is -0.137. The Kier molecular flexibility index (Phi) is 4.55. The van der Waals surface area contributed by atoms with Crippen LogP contribution in [0.4, 0.5) is 0 Å². The first-order valence-corrected chi connectivity index (χ1v) is 6.52. The highest BCUT2D eigenvalue weighted by molar-refractivity contribution is 5.82. The summed E-state index contributed by atoms with van der Waals surface area (Å²) in [4.78, 5) is 16.6. The van der Waals surface area contributed by atoms with E-state index in [1.807, 2.05) is 25.7 Å². The van der Waals surface area contributed by atoms with E-state index in [1.54, 1.807) is 0 Å². The Labute approximate surface area is 105 Å². The van der Waals surface area contributed by atoms with E-state index in [2.05, 4.69) is 18.9 Å². The van der Waals surface area contributed by atoms with Crippen molar-refractivity contribution in [3.63, 3.8) is 0 Å². The van der Waals surface area contributed by atoms with Crippen LogP contribution < -0.4 is 5.73 Å². The Hall–Kier alpha value is -0.610. The standard InChI is InChI=1S/C13H27N3O/c1-6-10-9-16(8-7-15(10)5)12(17)11(14)13(2,3)4/h10-11H,6-9,14H2,1-5H3/t10?,11-/m1/s1. The van der Waals surface area contributed by atoms with Gasteiger partial charge in [-0.15, -0.1) is 0 Å². The van der Waals surface area contributed by atoms with E-state index < -0.39 is 6.04 Å². The van der Waals surface area contributed by atoms with Gasteiger partial charge in [0.1, 0.15) is 0 Å². The zero-order valence-electron chi connectivity index (χ0n) is 11.9. The van der Waals surface area contributed by atoms with E-state index in [4.69, 9.17) is 5.73 Å². The van der Waals surface area contributed by atoms with E-state index in [-0.39, 0.29) is 11.3 Å². The van der Waals surface area contributed by atoms with Crippen molar-refractivity contribution in [2.45, 2.75) is 46.2 Å².